The smallest absolute Gasteiger partial charge is 0.311 e. The fourth-order valence-corrected chi connectivity index (χ4v) is 1.46. The molecule has 0 aliphatic heterocycles. The van der Waals surface area contributed by atoms with Crippen molar-refractivity contribution in [1.82, 2.24) is 4.98 Å². The average molecular weight is 294 g/mol. The van der Waals surface area contributed by atoms with E-state index in [0.29, 0.717) is 6.07 Å². The number of ether oxygens (including phenoxy) is 1. The van der Waals surface area contributed by atoms with Crippen molar-refractivity contribution in [2.75, 3.05) is 5.73 Å². The number of benzene rings is 1. The lowest BCUT2D eigenvalue weighted by molar-refractivity contribution is -0.385. The van der Waals surface area contributed by atoms with Gasteiger partial charge in [0.25, 0.3) is 5.69 Å². The van der Waals surface area contributed by atoms with Crippen LogP contribution in [0.1, 0.15) is 0 Å². The van der Waals surface area contributed by atoms with Crippen LogP contribution in [0.2, 0.25) is 0 Å². The predicted octanol–water partition coefficient (Wildman–Crippen LogP) is 2.41. The molecule has 0 saturated heterocycles. The minimum absolute atomic E-state index is 0.175. The molecule has 1 heterocycles. The Hall–Kier alpha value is -3.30. The first-order valence-electron chi connectivity index (χ1n) is 5.41. The summed E-state index contributed by atoms with van der Waals surface area (Å²) >= 11 is 0. The molecule has 0 spiro atoms. The van der Waals surface area contributed by atoms with Crippen LogP contribution in [0.15, 0.2) is 30.3 Å². The molecule has 0 radical (unpaired) electrons. The highest BCUT2D eigenvalue weighted by Crippen LogP contribution is 2.29. The first-order valence-corrected chi connectivity index (χ1v) is 5.41. The fraction of sp³-hybridized carbons (Fsp3) is 0. The zero-order valence-electron chi connectivity index (χ0n) is 10.2. The molecule has 0 saturated carbocycles. The summed E-state index contributed by atoms with van der Waals surface area (Å²) < 4.78 is 18.7. The third-order valence-electron chi connectivity index (χ3n) is 2.41. The number of hydrogen-bond donors (Lipinski definition) is 1. The Morgan fingerprint density at radius 1 is 1.14 bits per heavy atom. The minimum Gasteiger partial charge on any atom is -0.436 e. The number of nitro groups is 2. The molecule has 0 aliphatic rings. The second-order valence-corrected chi connectivity index (χ2v) is 3.78. The zero-order chi connectivity index (χ0) is 15.6. The van der Waals surface area contributed by atoms with Crippen LogP contribution in [-0.2, 0) is 0 Å². The summed E-state index contributed by atoms with van der Waals surface area (Å²) in [5.41, 5.74) is 4.52. The molecule has 1 aromatic carbocycles. The van der Waals surface area contributed by atoms with Crippen molar-refractivity contribution >= 4 is 17.2 Å². The first kappa shape index (κ1) is 14.1. The van der Waals surface area contributed by atoms with Gasteiger partial charge in [-0.25, -0.2) is 4.39 Å². The van der Waals surface area contributed by atoms with Crippen LogP contribution in [0.25, 0.3) is 0 Å². The van der Waals surface area contributed by atoms with Gasteiger partial charge in [-0.1, -0.05) is 0 Å². The quantitative estimate of drug-likeness (QED) is 0.675. The van der Waals surface area contributed by atoms with Gasteiger partial charge in [-0.05, 0) is 6.07 Å². The van der Waals surface area contributed by atoms with Gasteiger partial charge in [-0.3, -0.25) is 20.2 Å². The van der Waals surface area contributed by atoms with E-state index in [4.69, 9.17) is 10.5 Å². The van der Waals surface area contributed by atoms with Gasteiger partial charge in [-0.2, -0.15) is 4.98 Å². The summed E-state index contributed by atoms with van der Waals surface area (Å²) in [4.78, 5) is 23.2. The number of pyridine rings is 1. The Bertz CT molecular complexity index is 737. The van der Waals surface area contributed by atoms with E-state index in [1.54, 1.807) is 0 Å². The van der Waals surface area contributed by atoms with Gasteiger partial charge in [0.1, 0.15) is 0 Å². The molecular weight excluding hydrogens is 287 g/mol. The molecule has 9 nitrogen and oxygen atoms in total. The van der Waals surface area contributed by atoms with E-state index in [1.807, 2.05) is 0 Å². The Labute approximate surface area is 116 Å². The normalized spacial score (nSPS) is 10.1. The maximum absolute atomic E-state index is 13.6. The number of halogens is 1. The van der Waals surface area contributed by atoms with Crippen molar-refractivity contribution in [3.63, 3.8) is 0 Å². The molecule has 0 aliphatic carbocycles. The lowest BCUT2D eigenvalue weighted by Gasteiger charge is -2.06. The number of nitrogens with two attached hydrogens (primary N) is 1. The number of aromatic nitrogens is 1. The van der Waals surface area contributed by atoms with Crippen LogP contribution in [0.4, 0.5) is 21.6 Å². The van der Waals surface area contributed by atoms with Crippen LogP contribution in [0.5, 0.6) is 11.6 Å². The maximum atomic E-state index is 13.6. The zero-order valence-corrected chi connectivity index (χ0v) is 10.2. The molecule has 0 unspecified atom stereocenters. The van der Waals surface area contributed by atoms with Crippen LogP contribution in [0, 0.1) is 26.0 Å². The number of nitro benzene ring substituents is 1. The van der Waals surface area contributed by atoms with E-state index in [-0.39, 0.29) is 17.4 Å². The largest absolute Gasteiger partial charge is 0.436 e. The third-order valence-corrected chi connectivity index (χ3v) is 2.41. The number of anilines is 1. The molecule has 0 atom stereocenters. The molecule has 0 amide bonds. The molecule has 0 fully saturated rings. The molecule has 2 aromatic rings. The van der Waals surface area contributed by atoms with Gasteiger partial charge in [0.2, 0.25) is 11.7 Å². The number of non-ortho nitro benzene ring substituents is 1. The van der Waals surface area contributed by atoms with Gasteiger partial charge >= 0.3 is 5.69 Å². The van der Waals surface area contributed by atoms with E-state index in [0.717, 1.165) is 24.3 Å². The highest BCUT2D eigenvalue weighted by molar-refractivity contribution is 5.53. The lowest BCUT2D eigenvalue weighted by Crippen LogP contribution is -2.00. The second-order valence-electron chi connectivity index (χ2n) is 3.78. The Kier molecular flexibility index (Phi) is 3.61. The van der Waals surface area contributed by atoms with E-state index < -0.39 is 27.0 Å². The molecule has 1 aromatic heterocycles. The molecule has 108 valence electrons. The SMILES string of the molecule is Nc1nc(Oc2ccc([N+](=O)[O-])cc2F)ccc1[N+](=O)[O-]. The summed E-state index contributed by atoms with van der Waals surface area (Å²) in [5.74, 6) is -1.85. The Morgan fingerprint density at radius 2 is 1.86 bits per heavy atom. The van der Waals surface area contributed by atoms with Crippen LogP contribution in [-0.4, -0.2) is 14.8 Å². The first-order chi connectivity index (χ1) is 9.88. The highest BCUT2D eigenvalue weighted by Gasteiger charge is 2.16. The third kappa shape index (κ3) is 3.00. The Morgan fingerprint density at radius 3 is 2.38 bits per heavy atom. The van der Waals surface area contributed by atoms with E-state index in [9.17, 15) is 24.6 Å². The van der Waals surface area contributed by atoms with Crippen molar-refractivity contribution in [3.8, 4) is 11.6 Å². The summed E-state index contributed by atoms with van der Waals surface area (Å²) in [6, 6.07) is 4.97. The molecule has 2 N–H and O–H groups in total. The van der Waals surface area contributed by atoms with Crippen molar-refractivity contribution < 1.29 is 19.0 Å². The van der Waals surface area contributed by atoms with Crippen molar-refractivity contribution in [2.45, 2.75) is 0 Å². The summed E-state index contributed by atoms with van der Waals surface area (Å²) in [7, 11) is 0. The molecule has 2 rings (SSSR count). The van der Waals surface area contributed by atoms with E-state index in [2.05, 4.69) is 4.98 Å². The Balaban J connectivity index is 2.28. The topological polar surface area (TPSA) is 134 Å². The number of rotatable bonds is 4. The molecule has 10 heteroatoms. The van der Waals surface area contributed by atoms with E-state index in [1.165, 1.54) is 0 Å². The van der Waals surface area contributed by atoms with Crippen LogP contribution < -0.4 is 10.5 Å². The summed E-state index contributed by atoms with van der Waals surface area (Å²) in [6.07, 6.45) is 0. The van der Waals surface area contributed by atoms with Gasteiger partial charge in [-0.15, -0.1) is 0 Å². The summed E-state index contributed by atoms with van der Waals surface area (Å²) in [6.45, 7) is 0. The van der Waals surface area contributed by atoms with Crippen molar-refractivity contribution in [3.05, 3.63) is 56.4 Å². The standard InChI is InChI=1S/C11H7FN4O5/c12-7-5-6(15(17)18)1-3-9(7)21-10-4-2-8(16(19)20)11(13)14-10/h1-5H,(H2,13,14). The number of nitrogens with zero attached hydrogens (tertiary/aromatic N) is 3. The minimum atomic E-state index is -0.970. The van der Waals surface area contributed by atoms with E-state index >= 15 is 0 Å². The van der Waals surface area contributed by atoms with Crippen LogP contribution >= 0.6 is 0 Å². The fourth-order valence-electron chi connectivity index (χ4n) is 1.46. The predicted molar refractivity (Wildman–Crippen MR) is 68.4 cm³/mol. The van der Waals surface area contributed by atoms with Crippen molar-refractivity contribution in [2.24, 2.45) is 0 Å². The summed E-state index contributed by atoms with van der Waals surface area (Å²) in [5, 5.41) is 21.0. The van der Waals surface area contributed by atoms with Crippen LogP contribution in [0.3, 0.4) is 0 Å². The molecule has 0 bridgehead atoms. The lowest BCUT2D eigenvalue weighted by atomic mass is 10.3. The molecule has 21 heavy (non-hydrogen) atoms. The van der Waals surface area contributed by atoms with Gasteiger partial charge in [0, 0.05) is 18.2 Å². The van der Waals surface area contributed by atoms with Gasteiger partial charge in [0.05, 0.1) is 15.9 Å². The second kappa shape index (κ2) is 5.36. The van der Waals surface area contributed by atoms with Gasteiger partial charge in [0.15, 0.2) is 11.6 Å². The molecular formula is C11H7FN4O5. The van der Waals surface area contributed by atoms with Crippen molar-refractivity contribution in [1.29, 1.82) is 0 Å². The number of nitrogen functional groups attached to an aromatic ring is 1. The monoisotopic (exact) mass is 294 g/mol. The van der Waals surface area contributed by atoms with Gasteiger partial charge < -0.3 is 10.5 Å². The average Bonchev–Trinajstić information content (AvgIpc) is 2.40. The number of hydrogen-bond acceptors (Lipinski definition) is 7. The highest BCUT2D eigenvalue weighted by atomic mass is 19.1. The maximum Gasteiger partial charge on any atom is 0.311 e.